The molecule has 0 aliphatic heterocycles. The first-order chi connectivity index (χ1) is 9.09. The van der Waals surface area contributed by atoms with Gasteiger partial charge in [-0.2, -0.15) is 0 Å². The third-order valence-electron chi connectivity index (χ3n) is 3.47. The fourth-order valence-electron chi connectivity index (χ4n) is 2.11. The molecule has 0 radical (unpaired) electrons. The van der Waals surface area contributed by atoms with Crippen molar-refractivity contribution >= 4 is 11.4 Å². The molecular weight excluding hydrogens is 234 g/mol. The van der Waals surface area contributed by atoms with Gasteiger partial charge in [0, 0.05) is 26.8 Å². The Morgan fingerprint density at radius 2 is 1.95 bits per heavy atom. The van der Waals surface area contributed by atoms with E-state index >= 15 is 0 Å². The molecule has 0 saturated heterocycles. The predicted octanol–water partition coefficient (Wildman–Crippen LogP) is 3.38. The Morgan fingerprint density at radius 3 is 2.68 bits per heavy atom. The van der Waals surface area contributed by atoms with Gasteiger partial charge in [0.15, 0.2) is 0 Å². The van der Waals surface area contributed by atoms with Crippen molar-refractivity contribution < 1.29 is 0 Å². The van der Waals surface area contributed by atoms with E-state index in [1.54, 1.807) is 0 Å². The Balaban J connectivity index is 2.17. The van der Waals surface area contributed by atoms with Crippen LogP contribution in [0.25, 0.3) is 0 Å². The number of benzene rings is 1. The van der Waals surface area contributed by atoms with Gasteiger partial charge >= 0.3 is 0 Å². The number of aryl methyl sites for hydroxylation is 1. The molecule has 0 aliphatic rings. The summed E-state index contributed by atoms with van der Waals surface area (Å²) in [5, 5.41) is 3.47. The number of rotatable bonds is 4. The summed E-state index contributed by atoms with van der Waals surface area (Å²) in [6, 6.07) is 8.44. The van der Waals surface area contributed by atoms with Gasteiger partial charge in [-0.15, -0.1) is 0 Å². The van der Waals surface area contributed by atoms with Crippen molar-refractivity contribution in [1.29, 1.82) is 0 Å². The molecule has 2 aromatic rings. The van der Waals surface area contributed by atoms with Gasteiger partial charge in [0.25, 0.3) is 0 Å². The minimum Gasteiger partial charge on any atom is -0.378 e. The van der Waals surface area contributed by atoms with Crippen LogP contribution in [-0.4, -0.2) is 19.1 Å². The maximum absolute atomic E-state index is 4.19. The lowest BCUT2D eigenvalue weighted by Gasteiger charge is -2.18. The van der Waals surface area contributed by atoms with Gasteiger partial charge in [-0.1, -0.05) is 18.2 Å². The zero-order valence-corrected chi connectivity index (χ0v) is 12.1. The molecular formula is C16H21N3. The summed E-state index contributed by atoms with van der Waals surface area (Å²) >= 11 is 0. The standard InChI is InChI=1S/C16H21N3/c1-12-6-5-7-14(13(12)2)10-18-15-11-17-9-8-16(15)19(3)4/h5-9,11,18H,10H2,1-4H3. The number of hydrogen-bond donors (Lipinski definition) is 1. The van der Waals surface area contributed by atoms with E-state index < -0.39 is 0 Å². The fraction of sp³-hybridized carbons (Fsp3) is 0.312. The highest BCUT2D eigenvalue weighted by Gasteiger charge is 2.05. The molecule has 1 aromatic heterocycles. The summed E-state index contributed by atoms with van der Waals surface area (Å²) in [6.07, 6.45) is 3.69. The Hall–Kier alpha value is -2.03. The third-order valence-corrected chi connectivity index (χ3v) is 3.47. The molecule has 0 unspecified atom stereocenters. The Kier molecular flexibility index (Phi) is 4.05. The van der Waals surface area contributed by atoms with Gasteiger partial charge in [0.1, 0.15) is 0 Å². The fourth-order valence-corrected chi connectivity index (χ4v) is 2.11. The SMILES string of the molecule is Cc1cccc(CNc2cnccc2N(C)C)c1C. The third kappa shape index (κ3) is 3.05. The molecule has 0 saturated carbocycles. The summed E-state index contributed by atoms with van der Waals surface area (Å²) in [4.78, 5) is 6.28. The molecule has 0 amide bonds. The first-order valence-corrected chi connectivity index (χ1v) is 6.50. The molecule has 0 spiro atoms. The number of aromatic nitrogens is 1. The molecule has 2 rings (SSSR count). The van der Waals surface area contributed by atoms with Gasteiger partial charge in [0.2, 0.25) is 0 Å². The van der Waals surface area contributed by atoms with Crippen LogP contribution in [0.15, 0.2) is 36.7 Å². The number of pyridine rings is 1. The molecule has 0 bridgehead atoms. The van der Waals surface area contributed by atoms with Crippen LogP contribution in [0.1, 0.15) is 16.7 Å². The molecule has 0 atom stereocenters. The molecule has 1 heterocycles. The Morgan fingerprint density at radius 1 is 1.16 bits per heavy atom. The van der Waals surface area contributed by atoms with Crippen molar-refractivity contribution in [3.05, 3.63) is 53.3 Å². The maximum Gasteiger partial charge on any atom is 0.0766 e. The van der Waals surface area contributed by atoms with Crippen molar-refractivity contribution in [2.24, 2.45) is 0 Å². The lowest BCUT2D eigenvalue weighted by atomic mass is 10.0. The highest BCUT2D eigenvalue weighted by molar-refractivity contribution is 5.68. The predicted molar refractivity (Wildman–Crippen MR) is 81.8 cm³/mol. The number of anilines is 2. The molecule has 0 fully saturated rings. The van der Waals surface area contributed by atoms with Gasteiger partial charge in [-0.05, 0) is 36.6 Å². The number of hydrogen-bond acceptors (Lipinski definition) is 3. The Bertz CT molecular complexity index is 562. The highest BCUT2D eigenvalue weighted by atomic mass is 15.1. The van der Waals surface area contributed by atoms with E-state index in [-0.39, 0.29) is 0 Å². The molecule has 1 N–H and O–H groups in total. The van der Waals surface area contributed by atoms with Crippen molar-refractivity contribution in [3.63, 3.8) is 0 Å². The zero-order chi connectivity index (χ0) is 13.8. The zero-order valence-electron chi connectivity index (χ0n) is 12.1. The summed E-state index contributed by atoms with van der Waals surface area (Å²) in [5.41, 5.74) is 6.23. The van der Waals surface area contributed by atoms with Gasteiger partial charge in [-0.3, -0.25) is 4.98 Å². The molecule has 100 valence electrons. The van der Waals surface area contributed by atoms with E-state index in [2.05, 4.69) is 47.2 Å². The van der Waals surface area contributed by atoms with Crippen LogP contribution in [0.3, 0.4) is 0 Å². The van der Waals surface area contributed by atoms with Gasteiger partial charge in [0.05, 0.1) is 17.6 Å². The average molecular weight is 255 g/mol. The number of nitrogens with zero attached hydrogens (tertiary/aromatic N) is 2. The Labute approximate surface area is 115 Å². The first-order valence-electron chi connectivity index (χ1n) is 6.50. The lowest BCUT2D eigenvalue weighted by molar-refractivity contribution is 1.07. The first kappa shape index (κ1) is 13.4. The molecule has 3 nitrogen and oxygen atoms in total. The smallest absolute Gasteiger partial charge is 0.0766 e. The second-order valence-corrected chi connectivity index (χ2v) is 5.00. The van der Waals surface area contributed by atoms with Crippen LogP contribution in [0, 0.1) is 13.8 Å². The average Bonchev–Trinajstić information content (AvgIpc) is 2.40. The van der Waals surface area contributed by atoms with Crippen LogP contribution >= 0.6 is 0 Å². The van der Waals surface area contributed by atoms with E-state index in [1.807, 2.05) is 32.6 Å². The normalized spacial score (nSPS) is 10.3. The number of nitrogens with one attached hydrogen (secondary N) is 1. The van der Waals surface area contributed by atoms with E-state index in [0.29, 0.717) is 0 Å². The topological polar surface area (TPSA) is 28.2 Å². The quantitative estimate of drug-likeness (QED) is 0.907. The van der Waals surface area contributed by atoms with Crippen LogP contribution in [0.4, 0.5) is 11.4 Å². The summed E-state index contributed by atoms with van der Waals surface area (Å²) in [5.74, 6) is 0. The lowest BCUT2D eigenvalue weighted by Crippen LogP contribution is -2.12. The summed E-state index contributed by atoms with van der Waals surface area (Å²) < 4.78 is 0. The largest absolute Gasteiger partial charge is 0.378 e. The molecule has 19 heavy (non-hydrogen) atoms. The highest BCUT2D eigenvalue weighted by Crippen LogP contribution is 2.23. The van der Waals surface area contributed by atoms with Gasteiger partial charge in [-0.25, -0.2) is 0 Å². The van der Waals surface area contributed by atoms with Crippen molar-refractivity contribution in [2.45, 2.75) is 20.4 Å². The van der Waals surface area contributed by atoms with Crippen molar-refractivity contribution in [1.82, 2.24) is 4.98 Å². The van der Waals surface area contributed by atoms with Crippen LogP contribution < -0.4 is 10.2 Å². The molecule has 1 aromatic carbocycles. The monoisotopic (exact) mass is 255 g/mol. The van der Waals surface area contributed by atoms with E-state index in [0.717, 1.165) is 17.9 Å². The van der Waals surface area contributed by atoms with Crippen molar-refractivity contribution in [3.8, 4) is 0 Å². The van der Waals surface area contributed by atoms with Crippen LogP contribution in [0.2, 0.25) is 0 Å². The molecule has 0 aliphatic carbocycles. The summed E-state index contributed by atoms with van der Waals surface area (Å²) in [7, 11) is 4.08. The van der Waals surface area contributed by atoms with E-state index in [4.69, 9.17) is 0 Å². The second kappa shape index (κ2) is 5.74. The molecule has 3 heteroatoms. The van der Waals surface area contributed by atoms with Crippen LogP contribution in [0.5, 0.6) is 0 Å². The maximum atomic E-state index is 4.19. The summed E-state index contributed by atoms with van der Waals surface area (Å²) in [6.45, 7) is 5.14. The van der Waals surface area contributed by atoms with E-state index in [9.17, 15) is 0 Å². The van der Waals surface area contributed by atoms with E-state index in [1.165, 1.54) is 16.7 Å². The van der Waals surface area contributed by atoms with Crippen LogP contribution in [-0.2, 0) is 6.54 Å². The van der Waals surface area contributed by atoms with Crippen molar-refractivity contribution in [2.75, 3.05) is 24.3 Å². The van der Waals surface area contributed by atoms with Gasteiger partial charge < -0.3 is 10.2 Å². The second-order valence-electron chi connectivity index (χ2n) is 5.00. The minimum absolute atomic E-state index is 0.819. The minimum atomic E-state index is 0.819.